The van der Waals surface area contributed by atoms with Gasteiger partial charge in [-0.2, -0.15) is 0 Å². The van der Waals surface area contributed by atoms with Crippen LogP contribution >= 0.6 is 0 Å². The Morgan fingerprint density at radius 3 is 2.41 bits per heavy atom. The van der Waals surface area contributed by atoms with Crippen molar-refractivity contribution in [1.29, 1.82) is 0 Å². The van der Waals surface area contributed by atoms with Gasteiger partial charge in [-0.05, 0) is 30.7 Å². The highest BCUT2D eigenvalue weighted by atomic mass is 32.2. The summed E-state index contributed by atoms with van der Waals surface area (Å²) in [6.07, 6.45) is 1.52. The molecule has 0 spiro atoms. The van der Waals surface area contributed by atoms with E-state index < -0.39 is 15.8 Å². The first kappa shape index (κ1) is 14.1. The Bertz CT molecular complexity index is 445. The van der Waals surface area contributed by atoms with E-state index in [0.717, 1.165) is 18.6 Å². The Kier molecular flexibility index (Phi) is 5.04. The van der Waals surface area contributed by atoms with Gasteiger partial charge < -0.3 is 5.73 Å². The monoisotopic (exact) mass is 260 g/mol. The molecule has 1 aromatic rings. The first-order valence-electron chi connectivity index (χ1n) is 5.47. The van der Waals surface area contributed by atoms with E-state index in [1.807, 2.05) is 6.92 Å². The maximum absolute atomic E-state index is 12.7. The summed E-state index contributed by atoms with van der Waals surface area (Å²) in [5, 5.41) is 0. The number of nitrogens with two attached hydrogens (primary N) is 1. The van der Waals surface area contributed by atoms with Crippen LogP contribution in [0.2, 0.25) is 0 Å². The third-order valence-electron chi connectivity index (χ3n) is 2.37. The Balaban J connectivity index is 2.84. The fourth-order valence-electron chi connectivity index (χ4n) is 1.47. The van der Waals surface area contributed by atoms with Crippen LogP contribution in [0.4, 0.5) is 4.39 Å². The zero-order chi connectivity index (χ0) is 12.9. The minimum atomic E-state index is -3.61. The normalized spacial score (nSPS) is 13.6. The van der Waals surface area contributed by atoms with E-state index in [1.165, 1.54) is 12.1 Å². The molecule has 0 saturated carbocycles. The molecule has 17 heavy (non-hydrogen) atoms. The van der Waals surface area contributed by atoms with Gasteiger partial charge in [0.15, 0.2) is 0 Å². The molecule has 1 atom stereocenters. The number of halogens is 1. The van der Waals surface area contributed by atoms with Gasteiger partial charge in [0.25, 0.3) is 0 Å². The molecule has 4 nitrogen and oxygen atoms in total. The van der Waals surface area contributed by atoms with Crippen LogP contribution in [0.1, 0.15) is 19.8 Å². The third kappa shape index (κ3) is 4.07. The molecule has 0 bridgehead atoms. The van der Waals surface area contributed by atoms with E-state index in [9.17, 15) is 12.8 Å². The molecule has 0 amide bonds. The fourth-order valence-corrected chi connectivity index (χ4v) is 2.76. The summed E-state index contributed by atoms with van der Waals surface area (Å²) in [7, 11) is -3.61. The number of hydrogen-bond acceptors (Lipinski definition) is 3. The second-order valence-electron chi connectivity index (χ2n) is 3.80. The van der Waals surface area contributed by atoms with Gasteiger partial charge in [0.05, 0.1) is 4.90 Å². The molecule has 0 aromatic heterocycles. The summed E-state index contributed by atoms with van der Waals surface area (Å²) in [5.41, 5.74) is 5.48. The third-order valence-corrected chi connectivity index (χ3v) is 3.90. The minimum Gasteiger partial charge on any atom is -0.329 e. The van der Waals surface area contributed by atoms with Crippen LogP contribution in [0.3, 0.4) is 0 Å². The van der Waals surface area contributed by atoms with Crippen molar-refractivity contribution in [2.75, 3.05) is 6.54 Å². The number of hydrogen-bond donors (Lipinski definition) is 2. The zero-order valence-electron chi connectivity index (χ0n) is 9.69. The van der Waals surface area contributed by atoms with Crippen LogP contribution in [0.5, 0.6) is 0 Å². The Morgan fingerprint density at radius 2 is 1.94 bits per heavy atom. The van der Waals surface area contributed by atoms with Gasteiger partial charge >= 0.3 is 0 Å². The van der Waals surface area contributed by atoms with E-state index in [4.69, 9.17) is 5.73 Å². The van der Waals surface area contributed by atoms with Gasteiger partial charge in [0.1, 0.15) is 5.82 Å². The van der Waals surface area contributed by atoms with Crippen LogP contribution < -0.4 is 10.5 Å². The van der Waals surface area contributed by atoms with Crippen LogP contribution in [0.25, 0.3) is 0 Å². The lowest BCUT2D eigenvalue weighted by atomic mass is 10.2. The van der Waals surface area contributed by atoms with E-state index in [0.29, 0.717) is 6.42 Å². The van der Waals surface area contributed by atoms with E-state index in [2.05, 4.69) is 4.72 Å². The number of benzene rings is 1. The lowest BCUT2D eigenvalue weighted by Gasteiger charge is -2.15. The number of nitrogens with one attached hydrogen (secondary N) is 1. The van der Waals surface area contributed by atoms with Crippen molar-refractivity contribution in [1.82, 2.24) is 4.72 Å². The molecule has 0 aliphatic heterocycles. The first-order chi connectivity index (χ1) is 7.99. The molecular formula is C11H17FN2O2S. The zero-order valence-corrected chi connectivity index (χ0v) is 10.5. The molecular weight excluding hydrogens is 243 g/mol. The average Bonchev–Trinajstić information content (AvgIpc) is 2.28. The van der Waals surface area contributed by atoms with Gasteiger partial charge in [-0.1, -0.05) is 13.3 Å². The quantitative estimate of drug-likeness (QED) is 0.808. The fraction of sp³-hybridized carbons (Fsp3) is 0.455. The summed E-state index contributed by atoms with van der Waals surface area (Å²) in [5.74, 6) is -0.465. The maximum atomic E-state index is 12.7. The summed E-state index contributed by atoms with van der Waals surface area (Å²) in [4.78, 5) is 0.0495. The minimum absolute atomic E-state index is 0.0495. The predicted molar refractivity (Wildman–Crippen MR) is 64.5 cm³/mol. The van der Waals surface area contributed by atoms with Crippen LogP contribution in [-0.2, 0) is 10.0 Å². The highest BCUT2D eigenvalue weighted by molar-refractivity contribution is 7.89. The molecule has 1 rings (SSSR count). The van der Waals surface area contributed by atoms with Crippen LogP contribution in [0, 0.1) is 5.82 Å². The predicted octanol–water partition coefficient (Wildman–Crippen LogP) is 1.23. The Hall–Kier alpha value is -0.980. The van der Waals surface area contributed by atoms with Crippen LogP contribution in [-0.4, -0.2) is 21.0 Å². The van der Waals surface area contributed by atoms with Crippen molar-refractivity contribution in [3.8, 4) is 0 Å². The molecule has 3 N–H and O–H groups in total. The summed E-state index contributed by atoms with van der Waals surface area (Å²) in [6.45, 7) is 2.20. The average molecular weight is 260 g/mol. The van der Waals surface area contributed by atoms with Gasteiger partial charge in [0.2, 0.25) is 10.0 Å². The van der Waals surface area contributed by atoms with Crippen molar-refractivity contribution < 1.29 is 12.8 Å². The van der Waals surface area contributed by atoms with Crippen LogP contribution in [0.15, 0.2) is 29.2 Å². The van der Waals surface area contributed by atoms with Crippen molar-refractivity contribution in [3.63, 3.8) is 0 Å². The lowest BCUT2D eigenvalue weighted by Crippen LogP contribution is -2.39. The molecule has 0 radical (unpaired) electrons. The van der Waals surface area contributed by atoms with Crippen molar-refractivity contribution in [2.24, 2.45) is 5.73 Å². The van der Waals surface area contributed by atoms with Gasteiger partial charge in [-0.15, -0.1) is 0 Å². The molecule has 6 heteroatoms. The molecule has 0 fully saturated rings. The molecule has 1 unspecified atom stereocenters. The standard InChI is InChI=1S/C11H17FN2O2S/c1-2-3-10(8-13)14-17(15,16)11-6-4-9(12)5-7-11/h4-7,10,14H,2-3,8,13H2,1H3. The van der Waals surface area contributed by atoms with Gasteiger partial charge in [-0.25, -0.2) is 17.5 Å². The topological polar surface area (TPSA) is 72.2 Å². The van der Waals surface area contributed by atoms with Gasteiger partial charge in [-0.3, -0.25) is 0 Å². The largest absolute Gasteiger partial charge is 0.329 e. The molecule has 0 aliphatic rings. The molecule has 0 heterocycles. The second kappa shape index (κ2) is 6.09. The highest BCUT2D eigenvalue weighted by Crippen LogP contribution is 2.11. The van der Waals surface area contributed by atoms with E-state index in [-0.39, 0.29) is 17.5 Å². The SMILES string of the molecule is CCCC(CN)NS(=O)(=O)c1ccc(F)cc1. The number of sulfonamides is 1. The summed E-state index contributed by atoms with van der Waals surface area (Å²) in [6, 6.07) is 4.42. The molecule has 1 aromatic carbocycles. The van der Waals surface area contributed by atoms with E-state index in [1.54, 1.807) is 0 Å². The van der Waals surface area contributed by atoms with Crippen molar-refractivity contribution >= 4 is 10.0 Å². The van der Waals surface area contributed by atoms with Crippen molar-refractivity contribution in [3.05, 3.63) is 30.1 Å². The molecule has 0 aliphatic carbocycles. The second-order valence-corrected chi connectivity index (χ2v) is 5.51. The smallest absolute Gasteiger partial charge is 0.240 e. The maximum Gasteiger partial charge on any atom is 0.240 e. The highest BCUT2D eigenvalue weighted by Gasteiger charge is 2.18. The van der Waals surface area contributed by atoms with Crippen molar-refractivity contribution in [2.45, 2.75) is 30.7 Å². The summed E-state index contributed by atoms with van der Waals surface area (Å²) >= 11 is 0. The summed E-state index contributed by atoms with van der Waals surface area (Å²) < 4.78 is 39.0. The molecule has 0 saturated heterocycles. The number of rotatable bonds is 6. The van der Waals surface area contributed by atoms with Gasteiger partial charge in [0, 0.05) is 12.6 Å². The first-order valence-corrected chi connectivity index (χ1v) is 6.96. The van der Waals surface area contributed by atoms with E-state index >= 15 is 0 Å². The molecule has 96 valence electrons. The lowest BCUT2D eigenvalue weighted by molar-refractivity contribution is 0.527. The Morgan fingerprint density at radius 1 is 1.35 bits per heavy atom. The Labute approximate surface area is 101 Å².